The zero-order valence-electron chi connectivity index (χ0n) is 10.2. The highest BCUT2D eigenvalue weighted by Crippen LogP contribution is 2.32. The van der Waals surface area contributed by atoms with Crippen LogP contribution < -0.4 is 4.74 Å². The molecule has 0 radical (unpaired) electrons. The maximum Gasteiger partial charge on any atom is 0.167 e. The molecule has 3 rings (SSSR count). The third-order valence-electron chi connectivity index (χ3n) is 3.26. The van der Waals surface area contributed by atoms with Crippen molar-refractivity contribution < 1.29 is 4.74 Å². The van der Waals surface area contributed by atoms with Crippen LogP contribution in [-0.2, 0) is 13.0 Å². The molecule has 2 aromatic rings. The first kappa shape index (κ1) is 11.5. The summed E-state index contributed by atoms with van der Waals surface area (Å²) in [6.07, 6.45) is 3.37. The summed E-state index contributed by atoms with van der Waals surface area (Å²) in [5, 5.41) is 9.21. The molecule has 94 valence electrons. The van der Waals surface area contributed by atoms with Crippen molar-refractivity contribution in [2.75, 3.05) is 7.11 Å². The average Bonchev–Trinajstić information content (AvgIpc) is 2.82. The van der Waals surface area contributed by atoms with Crippen LogP contribution in [-0.4, -0.2) is 21.9 Å². The van der Waals surface area contributed by atoms with E-state index in [1.807, 2.05) is 12.1 Å². The van der Waals surface area contributed by atoms with Crippen molar-refractivity contribution in [1.29, 1.82) is 0 Å². The average molecular weight is 264 g/mol. The SMILES string of the molecule is COc1cc(Cl)ccc1-c1nnc2n1CCCC2. The van der Waals surface area contributed by atoms with Gasteiger partial charge in [-0.2, -0.15) is 0 Å². The van der Waals surface area contributed by atoms with E-state index in [1.54, 1.807) is 13.2 Å². The molecule has 0 saturated carbocycles. The molecule has 0 N–H and O–H groups in total. The number of ether oxygens (including phenoxy) is 1. The number of benzene rings is 1. The number of fused-ring (bicyclic) bond motifs is 1. The first-order valence-corrected chi connectivity index (χ1v) is 6.43. The number of nitrogens with zero attached hydrogens (tertiary/aromatic N) is 3. The van der Waals surface area contributed by atoms with Gasteiger partial charge in [0, 0.05) is 18.0 Å². The number of hydrogen-bond donors (Lipinski definition) is 0. The van der Waals surface area contributed by atoms with Crippen LogP contribution in [0.5, 0.6) is 5.75 Å². The minimum Gasteiger partial charge on any atom is -0.496 e. The van der Waals surface area contributed by atoms with Gasteiger partial charge < -0.3 is 9.30 Å². The van der Waals surface area contributed by atoms with Crippen molar-refractivity contribution in [3.63, 3.8) is 0 Å². The first-order valence-electron chi connectivity index (χ1n) is 6.05. The summed E-state index contributed by atoms with van der Waals surface area (Å²) in [6.45, 7) is 0.976. The Kier molecular flexibility index (Phi) is 2.96. The molecule has 18 heavy (non-hydrogen) atoms. The highest BCUT2D eigenvalue weighted by atomic mass is 35.5. The number of halogens is 1. The number of hydrogen-bond acceptors (Lipinski definition) is 3. The maximum absolute atomic E-state index is 5.98. The summed E-state index contributed by atoms with van der Waals surface area (Å²) in [4.78, 5) is 0. The van der Waals surface area contributed by atoms with Crippen LogP contribution in [0.15, 0.2) is 18.2 Å². The van der Waals surface area contributed by atoms with Gasteiger partial charge in [-0.3, -0.25) is 0 Å². The molecular formula is C13H14ClN3O. The number of methoxy groups -OCH3 is 1. The smallest absolute Gasteiger partial charge is 0.167 e. The van der Waals surface area contributed by atoms with E-state index in [0.717, 1.165) is 35.9 Å². The lowest BCUT2D eigenvalue weighted by molar-refractivity contribution is 0.415. The molecular weight excluding hydrogens is 250 g/mol. The molecule has 0 atom stereocenters. The van der Waals surface area contributed by atoms with Gasteiger partial charge in [0.1, 0.15) is 11.6 Å². The number of aromatic nitrogens is 3. The third-order valence-corrected chi connectivity index (χ3v) is 3.50. The predicted octanol–water partition coefficient (Wildman–Crippen LogP) is 2.94. The van der Waals surface area contributed by atoms with Crippen LogP contribution in [0.2, 0.25) is 5.02 Å². The zero-order chi connectivity index (χ0) is 12.5. The molecule has 1 aromatic heterocycles. The number of aryl methyl sites for hydroxylation is 1. The molecule has 4 nitrogen and oxygen atoms in total. The van der Waals surface area contributed by atoms with Gasteiger partial charge in [0.05, 0.1) is 12.7 Å². The van der Waals surface area contributed by atoms with Gasteiger partial charge in [-0.15, -0.1) is 10.2 Å². The van der Waals surface area contributed by atoms with Gasteiger partial charge in [-0.25, -0.2) is 0 Å². The monoisotopic (exact) mass is 263 g/mol. The van der Waals surface area contributed by atoms with Crippen molar-refractivity contribution in [3.05, 3.63) is 29.0 Å². The minimum absolute atomic E-state index is 0.661. The second-order valence-corrected chi connectivity index (χ2v) is 4.83. The largest absolute Gasteiger partial charge is 0.496 e. The van der Waals surface area contributed by atoms with E-state index in [4.69, 9.17) is 16.3 Å². The van der Waals surface area contributed by atoms with Gasteiger partial charge in [0.15, 0.2) is 5.82 Å². The minimum atomic E-state index is 0.661. The third kappa shape index (κ3) is 1.86. The lowest BCUT2D eigenvalue weighted by atomic mass is 10.1. The van der Waals surface area contributed by atoms with Gasteiger partial charge in [0.25, 0.3) is 0 Å². The van der Waals surface area contributed by atoms with Crippen molar-refractivity contribution in [3.8, 4) is 17.1 Å². The van der Waals surface area contributed by atoms with Crippen molar-refractivity contribution in [2.45, 2.75) is 25.8 Å². The van der Waals surface area contributed by atoms with Crippen LogP contribution in [0.3, 0.4) is 0 Å². The van der Waals surface area contributed by atoms with Gasteiger partial charge in [-0.1, -0.05) is 11.6 Å². The van der Waals surface area contributed by atoms with E-state index < -0.39 is 0 Å². The Bertz CT molecular complexity index is 580. The lowest BCUT2D eigenvalue weighted by Gasteiger charge is -2.15. The second-order valence-electron chi connectivity index (χ2n) is 4.39. The topological polar surface area (TPSA) is 39.9 Å². The molecule has 0 spiro atoms. The molecule has 0 unspecified atom stereocenters. The second kappa shape index (κ2) is 4.61. The highest BCUT2D eigenvalue weighted by Gasteiger charge is 2.19. The normalized spacial score (nSPS) is 14.3. The van der Waals surface area contributed by atoms with Crippen LogP contribution in [0.4, 0.5) is 0 Å². The molecule has 0 bridgehead atoms. The Morgan fingerprint density at radius 3 is 3.00 bits per heavy atom. The molecule has 0 saturated heterocycles. The van der Waals surface area contributed by atoms with E-state index in [2.05, 4.69) is 14.8 Å². The van der Waals surface area contributed by atoms with Crippen molar-refractivity contribution in [2.24, 2.45) is 0 Å². The van der Waals surface area contributed by atoms with Gasteiger partial charge >= 0.3 is 0 Å². The number of rotatable bonds is 2. The summed E-state index contributed by atoms with van der Waals surface area (Å²) in [6, 6.07) is 5.60. The summed E-state index contributed by atoms with van der Waals surface area (Å²) in [7, 11) is 1.64. The van der Waals surface area contributed by atoms with Crippen molar-refractivity contribution >= 4 is 11.6 Å². The van der Waals surface area contributed by atoms with E-state index in [1.165, 1.54) is 12.8 Å². The van der Waals surface area contributed by atoms with Crippen LogP contribution >= 0.6 is 11.6 Å². The van der Waals surface area contributed by atoms with Gasteiger partial charge in [0.2, 0.25) is 0 Å². The zero-order valence-corrected chi connectivity index (χ0v) is 10.9. The fourth-order valence-electron chi connectivity index (χ4n) is 2.36. The van der Waals surface area contributed by atoms with E-state index in [0.29, 0.717) is 5.02 Å². The molecule has 5 heteroatoms. The Morgan fingerprint density at radius 2 is 2.17 bits per heavy atom. The van der Waals surface area contributed by atoms with Gasteiger partial charge in [-0.05, 0) is 31.0 Å². The Labute approximate surface area is 111 Å². The molecule has 1 aliphatic heterocycles. The molecule has 2 heterocycles. The fourth-order valence-corrected chi connectivity index (χ4v) is 2.52. The van der Waals surface area contributed by atoms with Crippen molar-refractivity contribution in [1.82, 2.24) is 14.8 Å². The van der Waals surface area contributed by atoms with E-state index >= 15 is 0 Å². The standard InChI is InChI=1S/C13H14ClN3O/c1-18-11-8-9(14)5-6-10(11)13-16-15-12-4-2-3-7-17(12)13/h5-6,8H,2-4,7H2,1H3. The Hall–Kier alpha value is -1.55. The van der Waals surface area contributed by atoms with E-state index in [9.17, 15) is 0 Å². The van der Waals surface area contributed by atoms with Crippen LogP contribution in [0, 0.1) is 0 Å². The Balaban J connectivity index is 2.12. The lowest BCUT2D eigenvalue weighted by Crippen LogP contribution is -2.11. The Morgan fingerprint density at radius 1 is 1.28 bits per heavy atom. The summed E-state index contributed by atoms with van der Waals surface area (Å²) in [5.41, 5.74) is 0.947. The summed E-state index contributed by atoms with van der Waals surface area (Å²) < 4.78 is 7.55. The highest BCUT2D eigenvalue weighted by molar-refractivity contribution is 6.30. The molecule has 0 aliphatic carbocycles. The first-order chi connectivity index (χ1) is 8.79. The quantitative estimate of drug-likeness (QED) is 0.836. The maximum atomic E-state index is 5.98. The molecule has 1 aliphatic rings. The molecule has 0 amide bonds. The summed E-state index contributed by atoms with van der Waals surface area (Å²) in [5.74, 6) is 2.68. The van der Waals surface area contributed by atoms with E-state index in [-0.39, 0.29) is 0 Å². The summed E-state index contributed by atoms with van der Waals surface area (Å²) >= 11 is 5.98. The van der Waals surface area contributed by atoms with Crippen LogP contribution in [0.1, 0.15) is 18.7 Å². The fraction of sp³-hybridized carbons (Fsp3) is 0.385. The predicted molar refractivity (Wildman–Crippen MR) is 70.0 cm³/mol. The molecule has 0 fully saturated rings. The van der Waals surface area contributed by atoms with Crippen LogP contribution in [0.25, 0.3) is 11.4 Å². The molecule has 1 aromatic carbocycles.